The molecule has 4 heteroatoms. The quantitative estimate of drug-likeness (QED) is 0.169. The summed E-state index contributed by atoms with van der Waals surface area (Å²) in [6.07, 6.45) is 13.3. The van der Waals surface area contributed by atoms with Gasteiger partial charge in [0.2, 0.25) is 0 Å². The summed E-state index contributed by atoms with van der Waals surface area (Å²) in [6, 6.07) is 55.8. The number of aromatic nitrogens is 2. The van der Waals surface area contributed by atoms with Gasteiger partial charge in [-0.15, -0.1) is 0 Å². The van der Waals surface area contributed by atoms with Gasteiger partial charge in [-0.1, -0.05) is 164 Å². The van der Waals surface area contributed by atoms with E-state index in [1.165, 1.54) is 27.1 Å². The monoisotopic (exact) mass is 754 g/mol. The van der Waals surface area contributed by atoms with Crippen LogP contribution in [0.3, 0.4) is 0 Å². The fraction of sp³-hybridized carbons (Fsp3) is 0.0909. The van der Waals surface area contributed by atoms with Crippen molar-refractivity contribution in [2.24, 2.45) is 17.8 Å². The van der Waals surface area contributed by atoms with Gasteiger partial charge in [-0.3, -0.25) is 0 Å². The number of rotatable bonds is 6. The van der Waals surface area contributed by atoms with Gasteiger partial charge in [0.25, 0.3) is 0 Å². The average Bonchev–Trinajstić information content (AvgIpc) is 3.30. The molecular formula is C55H38N4. The van der Waals surface area contributed by atoms with E-state index < -0.39 is 0 Å². The number of hydrogen-bond acceptors (Lipinski definition) is 4. The first-order chi connectivity index (χ1) is 29.0. The fourth-order valence-electron chi connectivity index (χ4n) is 8.88. The third-order valence-electron chi connectivity index (χ3n) is 12.0. The van der Waals surface area contributed by atoms with Crippen LogP contribution in [0.25, 0.3) is 82.7 Å². The topological polar surface area (TPSA) is 73.4 Å². The van der Waals surface area contributed by atoms with Gasteiger partial charge in [-0.2, -0.15) is 10.5 Å². The number of hydrogen-bond donors (Lipinski definition) is 0. The molecule has 278 valence electrons. The number of allylic oxidation sites excluding steroid dienone is 8. The van der Waals surface area contributed by atoms with Crippen molar-refractivity contribution in [1.82, 2.24) is 9.97 Å². The second-order valence-corrected chi connectivity index (χ2v) is 15.6. The number of fused-ring (bicyclic) bond motifs is 3. The molecule has 8 aromatic rings. The van der Waals surface area contributed by atoms with E-state index in [4.69, 9.17) is 9.97 Å². The van der Waals surface area contributed by atoms with Crippen molar-refractivity contribution in [2.75, 3.05) is 0 Å². The van der Waals surface area contributed by atoms with Crippen molar-refractivity contribution in [3.8, 4) is 56.8 Å². The normalized spacial score (nSPS) is 17.4. The Morgan fingerprint density at radius 2 is 1.20 bits per heavy atom. The molecule has 0 radical (unpaired) electrons. The Bertz CT molecular complexity index is 3190. The zero-order valence-corrected chi connectivity index (χ0v) is 32.5. The summed E-state index contributed by atoms with van der Waals surface area (Å²) in [5.41, 5.74) is 11.9. The maximum absolute atomic E-state index is 9.96. The Morgan fingerprint density at radius 3 is 1.93 bits per heavy atom. The second kappa shape index (κ2) is 15.0. The van der Waals surface area contributed by atoms with Gasteiger partial charge in [-0.25, -0.2) is 9.97 Å². The van der Waals surface area contributed by atoms with E-state index in [0.717, 1.165) is 67.5 Å². The molecular weight excluding hydrogens is 717 g/mol. The molecule has 10 rings (SSSR count). The van der Waals surface area contributed by atoms with Gasteiger partial charge in [-0.05, 0) is 97.6 Å². The van der Waals surface area contributed by atoms with Crippen LogP contribution in [-0.2, 0) is 0 Å². The van der Waals surface area contributed by atoms with Crippen LogP contribution < -0.4 is 0 Å². The zero-order chi connectivity index (χ0) is 39.9. The van der Waals surface area contributed by atoms with E-state index in [0.29, 0.717) is 11.4 Å². The molecule has 59 heavy (non-hydrogen) atoms. The van der Waals surface area contributed by atoms with Gasteiger partial charge in [0.1, 0.15) is 0 Å². The van der Waals surface area contributed by atoms with Crippen LogP contribution in [0.15, 0.2) is 188 Å². The number of nitriles is 2. The lowest BCUT2D eigenvalue weighted by Gasteiger charge is -2.29. The molecule has 7 aromatic carbocycles. The van der Waals surface area contributed by atoms with Crippen molar-refractivity contribution < 1.29 is 0 Å². The lowest BCUT2D eigenvalue weighted by molar-refractivity contribution is 0.542. The van der Waals surface area contributed by atoms with Gasteiger partial charge in [0.15, 0.2) is 5.82 Å². The van der Waals surface area contributed by atoms with Crippen molar-refractivity contribution >= 4 is 38.0 Å². The predicted octanol–water partition coefficient (Wildman–Crippen LogP) is 13.7. The lowest BCUT2D eigenvalue weighted by atomic mass is 9.75. The van der Waals surface area contributed by atoms with Gasteiger partial charge in [0, 0.05) is 22.4 Å². The standard InChI is InChI=1S/C55H38N4/c1-35-28-44(26-27-48(35)50-17-9-7-15-46(50)34-57)55-58-53(39-22-20-38(21-23-39)49-16-8-6-14-45(49)33-56)52-32-47(42-24-18-36-10-2-4-12-40(36)29-42)31-51(54(52)59-55)43-25-19-37-11-3-5-13-41(37)30-43/h2-27,29-32,35,46,50H,28H2,1H3. The van der Waals surface area contributed by atoms with E-state index in [1.54, 1.807) is 0 Å². The summed E-state index contributed by atoms with van der Waals surface area (Å²) in [7, 11) is 0. The highest BCUT2D eigenvalue weighted by atomic mass is 14.9. The number of benzene rings is 7. The Hall–Kier alpha value is -7.66. The van der Waals surface area contributed by atoms with Crippen LogP contribution in [0, 0.1) is 40.4 Å². The molecule has 0 saturated heterocycles. The fourth-order valence-corrected chi connectivity index (χ4v) is 8.88. The maximum atomic E-state index is 9.96. The van der Waals surface area contributed by atoms with E-state index in [-0.39, 0.29) is 17.8 Å². The third-order valence-corrected chi connectivity index (χ3v) is 12.0. The Labute approximate surface area is 344 Å². The van der Waals surface area contributed by atoms with Crippen molar-refractivity contribution in [3.63, 3.8) is 0 Å². The first kappa shape index (κ1) is 35.7. The molecule has 0 fully saturated rings. The summed E-state index contributed by atoms with van der Waals surface area (Å²) in [5.74, 6) is 0.759. The molecule has 3 unspecified atom stereocenters. The molecule has 0 N–H and O–H groups in total. The summed E-state index contributed by atoms with van der Waals surface area (Å²) >= 11 is 0. The molecule has 2 aliphatic carbocycles. The summed E-state index contributed by atoms with van der Waals surface area (Å²) < 4.78 is 0. The molecule has 1 aromatic heterocycles. The Kier molecular flexibility index (Phi) is 9.09. The Morgan fingerprint density at radius 1 is 0.559 bits per heavy atom. The molecule has 0 amide bonds. The van der Waals surface area contributed by atoms with Crippen LogP contribution >= 0.6 is 0 Å². The molecule has 0 saturated carbocycles. The van der Waals surface area contributed by atoms with Crippen LogP contribution in [0.4, 0.5) is 0 Å². The maximum Gasteiger partial charge on any atom is 0.156 e. The predicted molar refractivity (Wildman–Crippen MR) is 242 cm³/mol. The van der Waals surface area contributed by atoms with E-state index in [9.17, 15) is 10.5 Å². The highest BCUT2D eigenvalue weighted by molar-refractivity contribution is 6.06. The smallest absolute Gasteiger partial charge is 0.156 e. The molecule has 0 spiro atoms. The molecule has 2 aliphatic rings. The first-order valence-electron chi connectivity index (χ1n) is 20.1. The van der Waals surface area contributed by atoms with Crippen LogP contribution in [0.1, 0.15) is 24.7 Å². The highest BCUT2D eigenvalue weighted by Gasteiger charge is 2.29. The summed E-state index contributed by atoms with van der Waals surface area (Å²) in [6.45, 7) is 2.25. The average molecular weight is 755 g/mol. The van der Waals surface area contributed by atoms with E-state index in [2.05, 4.69) is 165 Å². The van der Waals surface area contributed by atoms with Crippen LogP contribution in [0.2, 0.25) is 0 Å². The first-order valence-corrected chi connectivity index (χ1v) is 20.1. The molecule has 3 atom stereocenters. The van der Waals surface area contributed by atoms with E-state index in [1.807, 2.05) is 36.4 Å². The minimum Gasteiger partial charge on any atom is -0.228 e. The molecule has 1 heterocycles. The SMILES string of the molecule is CC1CC(c2nc(-c3ccc(-c4ccccc4C#N)cc3)c3cc(-c4ccc5ccccc5c4)cc(-c4ccc5ccccc5c4)c3n2)=CC=C1C1C=CC=CC1C#N. The Balaban J connectivity index is 1.21. The summed E-state index contributed by atoms with van der Waals surface area (Å²) in [4.78, 5) is 11.0. The second-order valence-electron chi connectivity index (χ2n) is 15.6. The lowest BCUT2D eigenvalue weighted by Crippen LogP contribution is -2.20. The highest BCUT2D eigenvalue weighted by Crippen LogP contribution is 2.42. The zero-order valence-electron chi connectivity index (χ0n) is 32.5. The van der Waals surface area contributed by atoms with Crippen LogP contribution in [0.5, 0.6) is 0 Å². The van der Waals surface area contributed by atoms with Crippen molar-refractivity contribution in [3.05, 3.63) is 199 Å². The van der Waals surface area contributed by atoms with Crippen molar-refractivity contribution in [2.45, 2.75) is 13.3 Å². The minimum atomic E-state index is -0.184. The van der Waals surface area contributed by atoms with Crippen LogP contribution in [-0.4, -0.2) is 9.97 Å². The van der Waals surface area contributed by atoms with Gasteiger partial charge in [0.05, 0.1) is 34.8 Å². The number of nitrogens with zero attached hydrogens (tertiary/aromatic N) is 4. The van der Waals surface area contributed by atoms with Crippen molar-refractivity contribution in [1.29, 1.82) is 10.5 Å². The third kappa shape index (κ3) is 6.62. The van der Waals surface area contributed by atoms with Gasteiger partial charge < -0.3 is 0 Å². The largest absolute Gasteiger partial charge is 0.228 e. The van der Waals surface area contributed by atoms with Gasteiger partial charge >= 0.3 is 0 Å². The minimum absolute atomic E-state index is 0.0450. The molecule has 4 nitrogen and oxygen atoms in total. The summed E-state index contributed by atoms with van der Waals surface area (Å²) in [5, 5.41) is 25.5. The molecule has 0 bridgehead atoms. The van der Waals surface area contributed by atoms with E-state index >= 15 is 0 Å². The molecule has 0 aliphatic heterocycles.